The molecule has 0 saturated carbocycles. The van der Waals surface area contributed by atoms with Crippen LogP contribution in [0.1, 0.15) is 32.5 Å². The molecular formula is C17H23N3O4. The van der Waals surface area contributed by atoms with Crippen LogP contribution in [0.5, 0.6) is 11.8 Å². The zero-order valence-electron chi connectivity index (χ0n) is 14.5. The van der Waals surface area contributed by atoms with Crippen molar-refractivity contribution < 1.29 is 19.0 Å². The normalized spacial score (nSPS) is 11.8. The van der Waals surface area contributed by atoms with Crippen LogP contribution in [-0.2, 0) is 9.53 Å². The van der Waals surface area contributed by atoms with E-state index in [1.807, 2.05) is 38.1 Å². The van der Waals surface area contributed by atoms with E-state index in [0.29, 0.717) is 12.4 Å². The van der Waals surface area contributed by atoms with Crippen molar-refractivity contribution in [3.05, 3.63) is 30.1 Å². The van der Waals surface area contributed by atoms with Crippen LogP contribution in [0.25, 0.3) is 5.69 Å². The second-order valence-electron chi connectivity index (χ2n) is 5.33. The van der Waals surface area contributed by atoms with Crippen molar-refractivity contribution in [1.82, 2.24) is 14.8 Å². The van der Waals surface area contributed by atoms with Crippen molar-refractivity contribution >= 4 is 5.97 Å². The van der Waals surface area contributed by atoms with Crippen molar-refractivity contribution in [2.24, 2.45) is 0 Å². The molecule has 0 bridgehead atoms. The summed E-state index contributed by atoms with van der Waals surface area (Å²) in [5, 5.41) is 4.29. The van der Waals surface area contributed by atoms with E-state index >= 15 is 0 Å². The first-order valence-corrected chi connectivity index (χ1v) is 7.96. The van der Waals surface area contributed by atoms with Gasteiger partial charge in [0.15, 0.2) is 6.10 Å². The number of unbranched alkanes of at least 4 members (excludes halogenated alkanes) is 1. The van der Waals surface area contributed by atoms with Crippen LogP contribution in [0, 0.1) is 6.92 Å². The summed E-state index contributed by atoms with van der Waals surface area (Å²) in [7, 11) is 1.61. The molecule has 1 heterocycles. The van der Waals surface area contributed by atoms with E-state index in [9.17, 15) is 4.79 Å². The maximum absolute atomic E-state index is 11.8. The second-order valence-corrected chi connectivity index (χ2v) is 5.33. The number of rotatable bonds is 8. The van der Waals surface area contributed by atoms with E-state index < -0.39 is 12.1 Å². The Labute approximate surface area is 141 Å². The lowest BCUT2D eigenvalue weighted by molar-refractivity contribution is -0.151. The summed E-state index contributed by atoms with van der Waals surface area (Å²) in [5.41, 5.74) is 0.828. The van der Waals surface area contributed by atoms with E-state index in [-0.39, 0.29) is 6.01 Å². The summed E-state index contributed by atoms with van der Waals surface area (Å²) >= 11 is 0. The molecule has 0 amide bonds. The number of hydrogen-bond donors (Lipinski definition) is 0. The predicted octanol–water partition coefficient (Wildman–Crippen LogP) is 2.69. The molecule has 0 fully saturated rings. The molecule has 7 nitrogen and oxygen atoms in total. The molecule has 0 N–H and O–H groups in total. The Morgan fingerprint density at radius 3 is 2.62 bits per heavy atom. The highest BCUT2D eigenvalue weighted by atomic mass is 16.6. The number of hydrogen-bond acceptors (Lipinski definition) is 6. The van der Waals surface area contributed by atoms with Crippen molar-refractivity contribution in [2.45, 2.75) is 39.7 Å². The molecule has 130 valence electrons. The lowest BCUT2D eigenvalue weighted by Gasteiger charge is -2.10. The summed E-state index contributed by atoms with van der Waals surface area (Å²) in [6.45, 7) is 5.87. The monoisotopic (exact) mass is 333 g/mol. The first-order valence-electron chi connectivity index (χ1n) is 7.96. The molecule has 1 atom stereocenters. The molecule has 0 spiro atoms. The molecule has 1 aromatic carbocycles. The zero-order valence-corrected chi connectivity index (χ0v) is 14.5. The van der Waals surface area contributed by atoms with Gasteiger partial charge in [-0.1, -0.05) is 13.3 Å². The Bertz CT molecular complexity index is 667. The Balaban J connectivity index is 2.03. The van der Waals surface area contributed by atoms with E-state index in [1.54, 1.807) is 18.7 Å². The molecule has 0 radical (unpaired) electrons. The van der Waals surface area contributed by atoms with Gasteiger partial charge >= 0.3 is 12.0 Å². The zero-order chi connectivity index (χ0) is 17.5. The first-order chi connectivity index (χ1) is 11.5. The van der Waals surface area contributed by atoms with E-state index in [0.717, 1.165) is 24.3 Å². The van der Waals surface area contributed by atoms with Gasteiger partial charge in [0.2, 0.25) is 0 Å². The minimum Gasteiger partial charge on any atom is -0.497 e. The summed E-state index contributed by atoms with van der Waals surface area (Å²) in [6.07, 6.45) is 1.05. The van der Waals surface area contributed by atoms with Crippen molar-refractivity contribution in [3.8, 4) is 17.4 Å². The molecule has 0 saturated heterocycles. The predicted molar refractivity (Wildman–Crippen MR) is 88.6 cm³/mol. The molecule has 2 rings (SSSR count). The lowest BCUT2D eigenvalue weighted by atomic mass is 10.3. The van der Waals surface area contributed by atoms with Gasteiger partial charge in [-0.25, -0.2) is 9.48 Å². The molecule has 24 heavy (non-hydrogen) atoms. The SMILES string of the molecule is CCCCOC(=O)C(C)Oc1nc(C)n(-c2ccc(OC)cc2)n1. The Morgan fingerprint density at radius 1 is 1.29 bits per heavy atom. The summed E-state index contributed by atoms with van der Waals surface area (Å²) < 4.78 is 17.4. The van der Waals surface area contributed by atoms with Crippen LogP contribution in [-0.4, -0.2) is 40.6 Å². The molecular weight excluding hydrogens is 310 g/mol. The van der Waals surface area contributed by atoms with Crippen LogP contribution in [0.3, 0.4) is 0 Å². The summed E-state index contributed by atoms with van der Waals surface area (Å²) in [5.74, 6) is 1.00. The van der Waals surface area contributed by atoms with Gasteiger partial charge in [-0.15, -0.1) is 5.10 Å². The number of methoxy groups -OCH3 is 1. The van der Waals surface area contributed by atoms with Gasteiger partial charge in [-0.3, -0.25) is 0 Å². The fourth-order valence-corrected chi connectivity index (χ4v) is 2.02. The maximum atomic E-state index is 11.8. The number of benzene rings is 1. The first kappa shape index (κ1) is 17.8. The third kappa shape index (κ3) is 4.47. The number of nitrogens with zero attached hydrogens (tertiary/aromatic N) is 3. The number of esters is 1. The minimum absolute atomic E-state index is 0.142. The standard InChI is InChI=1S/C17H23N3O4/c1-5-6-11-23-16(21)12(2)24-17-18-13(3)20(19-17)14-7-9-15(22-4)10-8-14/h7-10,12H,5-6,11H2,1-4H3. The average Bonchev–Trinajstić information content (AvgIpc) is 2.95. The van der Waals surface area contributed by atoms with Crippen LogP contribution in [0.15, 0.2) is 24.3 Å². The lowest BCUT2D eigenvalue weighted by Crippen LogP contribution is -2.27. The number of ether oxygens (including phenoxy) is 3. The van der Waals surface area contributed by atoms with Crippen LogP contribution >= 0.6 is 0 Å². The maximum Gasteiger partial charge on any atom is 0.347 e. The van der Waals surface area contributed by atoms with Gasteiger partial charge in [0.25, 0.3) is 0 Å². The number of carbonyl (C=O) groups excluding carboxylic acids is 1. The number of carbonyl (C=O) groups is 1. The number of aromatic nitrogens is 3. The van der Waals surface area contributed by atoms with Gasteiger partial charge in [-0.05, 0) is 44.5 Å². The number of aryl methyl sites for hydroxylation is 1. The quantitative estimate of drug-likeness (QED) is 0.546. The van der Waals surface area contributed by atoms with Gasteiger partial charge < -0.3 is 14.2 Å². The Hall–Kier alpha value is -2.57. The fourth-order valence-electron chi connectivity index (χ4n) is 2.02. The average molecular weight is 333 g/mol. The largest absolute Gasteiger partial charge is 0.497 e. The fraction of sp³-hybridized carbons (Fsp3) is 0.471. The summed E-state index contributed by atoms with van der Waals surface area (Å²) in [6, 6.07) is 7.55. The third-order valence-electron chi connectivity index (χ3n) is 3.42. The molecule has 7 heteroatoms. The van der Waals surface area contributed by atoms with Crippen molar-refractivity contribution in [1.29, 1.82) is 0 Å². The van der Waals surface area contributed by atoms with E-state index in [2.05, 4.69) is 10.1 Å². The topological polar surface area (TPSA) is 75.5 Å². The van der Waals surface area contributed by atoms with Gasteiger partial charge in [0.05, 0.1) is 19.4 Å². The van der Waals surface area contributed by atoms with Gasteiger partial charge in [-0.2, -0.15) is 4.98 Å². The summed E-state index contributed by atoms with van der Waals surface area (Å²) in [4.78, 5) is 16.1. The smallest absolute Gasteiger partial charge is 0.347 e. The van der Waals surface area contributed by atoms with E-state index in [4.69, 9.17) is 14.2 Å². The minimum atomic E-state index is -0.757. The van der Waals surface area contributed by atoms with E-state index in [1.165, 1.54) is 0 Å². The molecule has 0 aliphatic heterocycles. The van der Waals surface area contributed by atoms with Gasteiger partial charge in [0.1, 0.15) is 11.6 Å². The van der Waals surface area contributed by atoms with Crippen LogP contribution in [0.4, 0.5) is 0 Å². The Morgan fingerprint density at radius 2 is 2.00 bits per heavy atom. The molecule has 0 aliphatic rings. The highest BCUT2D eigenvalue weighted by Crippen LogP contribution is 2.17. The highest BCUT2D eigenvalue weighted by Gasteiger charge is 2.19. The van der Waals surface area contributed by atoms with Crippen molar-refractivity contribution in [2.75, 3.05) is 13.7 Å². The molecule has 0 aliphatic carbocycles. The van der Waals surface area contributed by atoms with Gasteiger partial charge in [0, 0.05) is 0 Å². The van der Waals surface area contributed by atoms with Crippen LogP contribution in [0.2, 0.25) is 0 Å². The van der Waals surface area contributed by atoms with Crippen molar-refractivity contribution in [3.63, 3.8) is 0 Å². The van der Waals surface area contributed by atoms with Crippen LogP contribution < -0.4 is 9.47 Å². The molecule has 1 aromatic heterocycles. The molecule has 2 aromatic rings. The second kappa shape index (κ2) is 8.33. The molecule has 1 unspecified atom stereocenters. The Kier molecular flexibility index (Phi) is 6.17. The highest BCUT2D eigenvalue weighted by molar-refractivity contribution is 5.74. The third-order valence-corrected chi connectivity index (χ3v) is 3.42.